The number of halogens is 1. The van der Waals surface area contributed by atoms with Crippen molar-refractivity contribution >= 4 is 35.1 Å². The van der Waals surface area contributed by atoms with Crippen molar-refractivity contribution in [3.63, 3.8) is 0 Å². The number of fused-ring (bicyclic) bond motifs is 1. The smallest absolute Gasteiger partial charge is 0.266 e. The van der Waals surface area contributed by atoms with Gasteiger partial charge in [0.15, 0.2) is 0 Å². The first-order chi connectivity index (χ1) is 11.2. The Morgan fingerprint density at radius 3 is 3.13 bits per heavy atom. The number of hydrazone groups is 1. The molecule has 0 saturated heterocycles. The molecule has 0 bridgehead atoms. The molecule has 2 aromatic rings. The van der Waals surface area contributed by atoms with Gasteiger partial charge >= 0.3 is 0 Å². The molecule has 1 aliphatic carbocycles. The molecule has 1 aromatic heterocycles. The minimum absolute atomic E-state index is 0.143. The van der Waals surface area contributed by atoms with E-state index in [9.17, 15) is 4.79 Å². The molecule has 1 heterocycles. The highest BCUT2D eigenvalue weighted by atomic mass is 35.5. The monoisotopic (exact) mass is 346 g/mol. The van der Waals surface area contributed by atoms with E-state index in [-0.39, 0.29) is 5.91 Å². The van der Waals surface area contributed by atoms with E-state index in [2.05, 4.69) is 17.5 Å². The summed E-state index contributed by atoms with van der Waals surface area (Å²) in [5.41, 5.74) is 4.80. The SMILES string of the molecule is CC[C@@H]1CCc2sc(C(=O)N/N=C\c3cccc(Cl)c3)cc2C1. The van der Waals surface area contributed by atoms with E-state index in [1.807, 2.05) is 18.2 Å². The van der Waals surface area contributed by atoms with Crippen LogP contribution in [0.15, 0.2) is 35.4 Å². The summed E-state index contributed by atoms with van der Waals surface area (Å²) < 4.78 is 0. The fourth-order valence-electron chi connectivity index (χ4n) is 2.87. The summed E-state index contributed by atoms with van der Waals surface area (Å²) in [4.78, 5) is 14.3. The molecule has 3 rings (SSSR count). The minimum atomic E-state index is -0.143. The van der Waals surface area contributed by atoms with E-state index in [1.54, 1.807) is 29.7 Å². The van der Waals surface area contributed by atoms with Gasteiger partial charge in [0.1, 0.15) is 0 Å². The van der Waals surface area contributed by atoms with Gasteiger partial charge in [0.05, 0.1) is 11.1 Å². The fraction of sp³-hybridized carbons (Fsp3) is 0.333. The number of nitrogens with zero attached hydrogens (tertiary/aromatic N) is 1. The molecule has 23 heavy (non-hydrogen) atoms. The molecule has 1 N–H and O–H groups in total. The average Bonchev–Trinajstić information content (AvgIpc) is 2.98. The van der Waals surface area contributed by atoms with Crippen LogP contribution in [0, 0.1) is 5.92 Å². The second kappa shape index (κ2) is 7.28. The Kier molecular flexibility index (Phi) is 5.13. The second-order valence-corrected chi connectivity index (χ2v) is 7.40. The summed E-state index contributed by atoms with van der Waals surface area (Å²) in [6.45, 7) is 2.24. The molecule has 120 valence electrons. The summed E-state index contributed by atoms with van der Waals surface area (Å²) in [5, 5.41) is 4.67. The number of hydrogen-bond acceptors (Lipinski definition) is 3. The summed E-state index contributed by atoms with van der Waals surface area (Å²) in [6.07, 6.45) is 6.24. The van der Waals surface area contributed by atoms with Gasteiger partial charge in [-0.2, -0.15) is 5.10 Å². The zero-order valence-corrected chi connectivity index (χ0v) is 14.6. The van der Waals surface area contributed by atoms with E-state index in [0.717, 1.165) is 29.2 Å². The van der Waals surface area contributed by atoms with Gasteiger partial charge in [-0.15, -0.1) is 11.3 Å². The molecule has 1 atom stereocenters. The van der Waals surface area contributed by atoms with Crippen molar-refractivity contribution in [1.82, 2.24) is 5.43 Å². The quantitative estimate of drug-likeness (QED) is 0.633. The van der Waals surface area contributed by atoms with Crippen LogP contribution in [0.2, 0.25) is 5.02 Å². The molecule has 0 fully saturated rings. The third kappa shape index (κ3) is 4.01. The number of nitrogens with one attached hydrogen (secondary N) is 1. The lowest BCUT2D eigenvalue weighted by molar-refractivity contribution is 0.0959. The zero-order valence-electron chi connectivity index (χ0n) is 13.0. The van der Waals surface area contributed by atoms with E-state index < -0.39 is 0 Å². The van der Waals surface area contributed by atoms with Gasteiger partial charge in [-0.05, 0) is 54.5 Å². The molecule has 1 amide bonds. The molecular weight excluding hydrogens is 328 g/mol. The van der Waals surface area contributed by atoms with Gasteiger partial charge in [-0.3, -0.25) is 4.79 Å². The Bertz CT molecular complexity index is 738. The maximum Gasteiger partial charge on any atom is 0.281 e. The first-order valence-corrected chi connectivity index (χ1v) is 9.05. The van der Waals surface area contributed by atoms with Crippen molar-refractivity contribution in [3.05, 3.63) is 56.2 Å². The molecular formula is C18H19ClN2OS. The number of carbonyl (C=O) groups excluding carboxylic acids is 1. The van der Waals surface area contributed by atoms with Crippen molar-refractivity contribution in [2.24, 2.45) is 11.0 Å². The third-order valence-corrected chi connectivity index (χ3v) is 5.69. The van der Waals surface area contributed by atoms with E-state index >= 15 is 0 Å². The number of carbonyl (C=O) groups is 1. The number of benzene rings is 1. The number of aryl methyl sites for hydroxylation is 1. The zero-order chi connectivity index (χ0) is 16.2. The van der Waals surface area contributed by atoms with Crippen LogP contribution in [0.5, 0.6) is 0 Å². The summed E-state index contributed by atoms with van der Waals surface area (Å²) in [7, 11) is 0. The molecule has 0 spiro atoms. The average molecular weight is 347 g/mol. The Labute approximate surface area is 145 Å². The van der Waals surface area contributed by atoms with Crippen LogP contribution in [0.1, 0.15) is 45.4 Å². The highest BCUT2D eigenvalue weighted by Crippen LogP contribution is 2.33. The van der Waals surface area contributed by atoms with E-state index in [0.29, 0.717) is 5.02 Å². The van der Waals surface area contributed by atoms with Crippen LogP contribution in [-0.4, -0.2) is 12.1 Å². The lowest BCUT2D eigenvalue weighted by Crippen LogP contribution is -2.16. The van der Waals surface area contributed by atoms with Gasteiger partial charge in [-0.1, -0.05) is 37.1 Å². The van der Waals surface area contributed by atoms with Crippen LogP contribution in [-0.2, 0) is 12.8 Å². The Morgan fingerprint density at radius 2 is 2.35 bits per heavy atom. The number of hydrogen-bond donors (Lipinski definition) is 1. The predicted molar refractivity (Wildman–Crippen MR) is 96.6 cm³/mol. The van der Waals surface area contributed by atoms with Gasteiger partial charge in [0, 0.05) is 9.90 Å². The highest BCUT2D eigenvalue weighted by Gasteiger charge is 2.21. The molecule has 5 heteroatoms. The third-order valence-electron chi connectivity index (χ3n) is 4.21. The summed E-state index contributed by atoms with van der Waals surface area (Å²) in [6, 6.07) is 9.37. The van der Waals surface area contributed by atoms with Crippen molar-refractivity contribution in [3.8, 4) is 0 Å². The molecule has 0 radical (unpaired) electrons. The maximum atomic E-state index is 12.2. The van der Waals surface area contributed by atoms with E-state index in [1.165, 1.54) is 23.3 Å². The van der Waals surface area contributed by atoms with Crippen molar-refractivity contribution < 1.29 is 4.79 Å². The topological polar surface area (TPSA) is 41.5 Å². The van der Waals surface area contributed by atoms with Gasteiger partial charge < -0.3 is 0 Å². The standard InChI is InChI=1S/C18H19ClN2OS/c1-2-12-6-7-16-14(8-12)10-17(23-16)18(22)21-20-11-13-4-3-5-15(19)9-13/h3-5,9-12H,2,6-8H2,1H3,(H,21,22)/b20-11-/t12-/m1/s1. The largest absolute Gasteiger partial charge is 0.281 e. The predicted octanol–water partition coefficient (Wildman–Crippen LogP) is 4.68. The first kappa shape index (κ1) is 16.2. The first-order valence-electron chi connectivity index (χ1n) is 7.86. The number of amides is 1. The van der Waals surface area contributed by atoms with Crippen molar-refractivity contribution in [1.29, 1.82) is 0 Å². The highest BCUT2D eigenvalue weighted by molar-refractivity contribution is 7.14. The van der Waals surface area contributed by atoms with Crippen LogP contribution < -0.4 is 5.43 Å². The number of rotatable bonds is 4. The summed E-state index contributed by atoms with van der Waals surface area (Å²) in [5.74, 6) is 0.615. The Morgan fingerprint density at radius 1 is 1.48 bits per heavy atom. The molecule has 0 saturated carbocycles. The Balaban J connectivity index is 1.64. The second-order valence-electron chi connectivity index (χ2n) is 5.83. The Hall–Kier alpha value is -1.65. The molecule has 1 aliphatic rings. The van der Waals surface area contributed by atoms with Crippen LogP contribution in [0.25, 0.3) is 0 Å². The molecule has 0 unspecified atom stereocenters. The van der Waals surface area contributed by atoms with Gasteiger partial charge in [-0.25, -0.2) is 5.43 Å². The van der Waals surface area contributed by atoms with E-state index in [4.69, 9.17) is 11.6 Å². The fourth-order valence-corrected chi connectivity index (χ4v) is 4.16. The normalized spacial score (nSPS) is 17.2. The maximum absolute atomic E-state index is 12.2. The van der Waals surface area contributed by atoms with Crippen LogP contribution in [0.4, 0.5) is 0 Å². The molecule has 3 nitrogen and oxygen atoms in total. The van der Waals surface area contributed by atoms with Crippen molar-refractivity contribution in [2.75, 3.05) is 0 Å². The lowest BCUT2D eigenvalue weighted by atomic mass is 9.87. The van der Waals surface area contributed by atoms with Crippen LogP contribution >= 0.6 is 22.9 Å². The number of thiophene rings is 1. The van der Waals surface area contributed by atoms with Crippen LogP contribution in [0.3, 0.4) is 0 Å². The molecule has 1 aromatic carbocycles. The lowest BCUT2D eigenvalue weighted by Gasteiger charge is -2.19. The van der Waals surface area contributed by atoms with Gasteiger partial charge in [0.2, 0.25) is 0 Å². The minimum Gasteiger partial charge on any atom is -0.266 e. The van der Waals surface area contributed by atoms with Crippen molar-refractivity contribution in [2.45, 2.75) is 32.6 Å². The van der Waals surface area contributed by atoms with Gasteiger partial charge in [0.25, 0.3) is 5.91 Å². The summed E-state index contributed by atoms with van der Waals surface area (Å²) >= 11 is 7.51. The molecule has 0 aliphatic heterocycles.